The molecule has 1 aliphatic carbocycles. The van der Waals surface area contributed by atoms with E-state index in [-0.39, 0.29) is 11.9 Å². The highest BCUT2D eigenvalue weighted by atomic mass is 16.1. The molecule has 2 heterocycles. The maximum absolute atomic E-state index is 12.7. The maximum atomic E-state index is 12.7. The number of hydrogen-bond donors (Lipinski definition) is 2. The van der Waals surface area contributed by atoms with Crippen LogP contribution in [0.3, 0.4) is 0 Å². The number of anilines is 1. The van der Waals surface area contributed by atoms with E-state index in [1.807, 2.05) is 4.68 Å². The van der Waals surface area contributed by atoms with Gasteiger partial charge in [0.15, 0.2) is 0 Å². The normalized spacial score (nSPS) is 24.5. The van der Waals surface area contributed by atoms with Gasteiger partial charge in [-0.1, -0.05) is 33.1 Å². The highest BCUT2D eigenvalue weighted by molar-refractivity contribution is 5.99. The molecule has 2 atom stereocenters. The number of carbonyl (C=O) groups excluding carboxylic acids is 1. The molecule has 1 saturated carbocycles. The lowest BCUT2D eigenvalue weighted by Crippen LogP contribution is -2.39. The number of amides is 1. The van der Waals surface area contributed by atoms with Gasteiger partial charge >= 0.3 is 0 Å². The molecule has 0 bridgehead atoms. The van der Waals surface area contributed by atoms with E-state index in [9.17, 15) is 4.79 Å². The van der Waals surface area contributed by atoms with Crippen molar-refractivity contribution in [3.8, 4) is 0 Å². The molecule has 0 saturated heterocycles. The van der Waals surface area contributed by atoms with Gasteiger partial charge in [-0.2, -0.15) is 5.10 Å². The summed E-state index contributed by atoms with van der Waals surface area (Å²) in [4.78, 5) is 12.7. The van der Waals surface area contributed by atoms with Gasteiger partial charge in [-0.15, -0.1) is 0 Å². The van der Waals surface area contributed by atoms with E-state index in [0.717, 1.165) is 31.0 Å². The minimum atomic E-state index is 0.00828. The molecule has 0 aromatic carbocycles. The van der Waals surface area contributed by atoms with Crippen LogP contribution in [0.5, 0.6) is 0 Å². The third-order valence-corrected chi connectivity index (χ3v) is 5.91. The highest BCUT2D eigenvalue weighted by Gasteiger charge is 2.33. The van der Waals surface area contributed by atoms with Crippen LogP contribution in [-0.4, -0.2) is 27.8 Å². The molecule has 5 nitrogen and oxygen atoms in total. The molecule has 1 fully saturated rings. The van der Waals surface area contributed by atoms with Crippen LogP contribution in [0.25, 0.3) is 0 Å². The summed E-state index contributed by atoms with van der Waals surface area (Å²) in [5.41, 5.74) is 0.703. The molecule has 2 unspecified atom stereocenters. The standard InChI is InChI=1S/C19H32N4O/c1-4-15(5-2)21-19(24)16-12-20-23-13(3)11-17(22-18(16)23)14-9-7-6-8-10-14/h12-15,17,22H,4-11H2,1-3H3,(H,21,24). The maximum Gasteiger partial charge on any atom is 0.256 e. The Labute approximate surface area is 145 Å². The van der Waals surface area contributed by atoms with Crippen molar-refractivity contribution in [2.75, 3.05) is 5.32 Å². The summed E-state index contributed by atoms with van der Waals surface area (Å²) in [5.74, 6) is 1.67. The zero-order chi connectivity index (χ0) is 17.1. The summed E-state index contributed by atoms with van der Waals surface area (Å²) >= 11 is 0. The van der Waals surface area contributed by atoms with Gasteiger partial charge in [0.05, 0.1) is 12.2 Å². The molecular formula is C19H32N4O. The molecule has 1 aromatic rings. The molecule has 2 aliphatic rings. The topological polar surface area (TPSA) is 59.0 Å². The molecule has 0 radical (unpaired) electrons. The van der Waals surface area contributed by atoms with Crippen LogP contribution in [0.15, 0.2) is 6.20 Å². The van der Waals surface area contributed by atoms with Crippen LogP contribution in [-0.2, 0) is 0 Å². The second kappa shape index (κ2) is 7.58. The zero-order valence-electron chi connectivity index (χ0n) is 15.3. The number of carbonyl (C=O) groups is 1. The lowest BCUT2D eigenvalue weighted by molar-refractivity contribution is 0.0935. The van der Waals surface area contributed by atoms with Crippen molar-refractivity contribution < 1.29 is 4.79 Å². The third kappa shape index (κ3) is 3.45. The summed E-state index contributed by atoms with van der Waals surface area (Å²) < 4.78 is 2.00. The largest absolute Gasteiger partial charge is 0.367 e. The lowest BCUT2D eigenvalue weighted by Gasteiger charge is -2.37. The Bertz CT molecular complexity index is 558. The van der Waals surface area contributed by atoms with Crippen molar-refractivity contribution in [3.05, 3.63) is 11.8 Å². The number of rotatable bonds is 5. The predicted octanol–water partition coefficient (Wildman–Crippen LogP) is 4.13. The third-order valence-electron chi connectivity index (χ3n) is 5.91. The zero-order valence-corrected chi connectivity index (χ0v) is 15.3. The number of aromatic nitrogens is 2. The fraction of sp³-hybridized carbons (Fsp3) is 0.789. The van der Waals surface area contributed by atoms with E-state index < -0.39 is 0 Å². The van der Waals surface area contributed by atoms with Crippen LogP contribution < -0.4 is 10.6 Å². The first-order valence-corrected chi connectivity index (χ1v) is 9.78. The van der Waals surface area contributed by atoms with E-state index >= 15 is 0 Å². The lowest BCUT2D eigenvalue weighted by atomic mass is 9.81. The Morgan fingerprint density at radius 1 is 1.33 bits per heavy atom. The smallest absolute Gasteiger partial charge is 0.256 e. The molecule has 2 N–H and O–H groups in total. The van der Waals surface area contributed by atoms with E-state index in [2.05, 4.69) is 36.5 Å². The Hall–Kier alpha value is -1.52. The second-order valence-electron chi connectivity index (χ2n) is 7.57. The predicted molar refractivity (Wildman–Crippen MR) is 97.4 cm³/mol. The average molecular weight is 332 g/mol. The number of hydrogen-bond acceptors (Lipinski definition) is 3. The molecular weight excluding hydrogens is 300 g/mol. The summed E-state index contributed by atoms with van der Waals surface area (Å²) in [7, 11) is 0. The first-order chi connectivity index (χ1) is 11.6. The van der Waals surface area contributed by atoms with Crippen LogP contribution >= 0.6 is 0 Å². The van der Waals surface area contributed by atoms with Gasteiger partial charge in [-0.3, -0.25) is 4.79 Å². The van der Waals surface area contributed by atoms with Crippen molar-refractivity contribution in [2.45, 2.75) is 90.3 Å². The van der Waals surface area contributed by atoms with Crippen molar-refractivity contribution in [2.24, 2.45) is 5.92 Å². The molecule has 24 heavy (non-hydrogen) atoms. The number of nitrogens with one attached hydrogen (secondary N) is 2. The van der Waals surface area contributed by atoms with Crippen LogP contribution in [0.2, 0.25) is 0 Å². The van der Waals surface area contributed by atoms with Gasteiger partial charge in [0, 0.05) is 12.1 Å². The Morgan fingerprint density at radius 2 is 2.04 bits per heavy atom. The van der Waals surface area contributed by atoms with Gasteiger partial charge < -0.3 is 10.6 Å². The van der Waals surface area contributed by atoms with E-state index in [0.29, 0.717) is 17.6 Å². The van der Waals surface area contributed by atoms with E-state index in [1.165, 1.54) is 32.1 Å². The SMILES string of the molecule is CCC(CC)NC(=O)c1cnn2c1NC(C1CCCCC1)CC2C. The van der Waals surface area contributed by atoms with Crippen LogP contribution in [0.1, 0.15) is 88.5 Å². The Balaban J connectivity index is 1.77. The molecule has 3 rings (SSSR count). The number of fused-ring (bicyclic) bond motifs is 1. The summed E-state index contributed by atoms with van der Waals surface area (Å²) in [6.07, 6.45) is 11.5. The molecule has 5 heteroatoms. The monoisotopic (exact) mass is 332 g/mol. The molecule has 1 aromatic heterocycles. The fourth-order valence-electron chi connectivity index (χ4n) is 4.31. The second-order valence-corrected chi connectivity index (χ2v) is 7.57. The van der Waals surface area contributed by atoms with Gasteiger partial charge in [-0.05, 0) is 44.9 Å². The Morgan fingerprint density at radius 3 is 2.71 bits per heavy atom. The summed E-state index contributed by atoms with van der Waals surface area (Å²) in [6.45, 7) is 6.44. The summed E-state index contributed by atoms with van der Waals surface area (Å²) in [6, 6.07) is 1.07. The summed E-state index contributed by atoms with van der Waals surface area (Å²) in [5, 5.41) is 11.3. The quantitative estimate of drug-likeness (QED) is 0.852. The van der Waals surface area contributed by atoms with Gasteiger partial charge in [0.25, 0.3) is 5.91 Å². The molecule has 134 valence electrons. The van der Waals surface area contributed by atoms with Crippen LogP contribution in [0.4, 0.5) is 5.82 Å². The van der Waals surface area contributed by atoms with Crippen LogP contribution in [0, 0.1) is 5.92 Å². The van der Waals surface area contributed by atoms with Gasteiger partial charge in [0.1, 0.15) is 11.4 Å². The fourth-order valence-corrected chi connectivity index (χ4v) is 4.31. The molecule has 1 aliphatic heterocycles. The molecule has 0 spiro atoms. The minimum absolute atomic E-state index is 0.00828. The van der Waals surface area contributed by atoms with Crippen molar-refractivity contribution in [1.29, 1.82) is 0 Å². The first-order valence-electron chi connectivity index (χ1n) is 9.78. The van der Waals surface area contributed by atoms with Crippen molar-refractivity contribution >= 4 is 11.7 Å². The Kier molecular flexibility index (Phi) is 5.47. The van der Waals surface area contributed by atoms with Crippen molar-refractivity contribution in [3.63, 3.8) is 0 Å². The average Bonchev–Trinajstić information content (AvgIpc) is 3.05. The van der Waals surface area contributed by atoms with Gasteiger partial charge in [-0.25, -0.2) is 4.68 Å². The first kappa shape index (κ1) is 17.3. The van der Waals surface area contributed by atoms with E-state index in [4.69, 9.17) is 0 Å². The number of nitrogens with zero attached hydrogens (tertiary/aromatic N) is 2. The molecule has 1 amide bonds. The van der Waals surface area contributed by atoms with Crippen molar-refractivity contribution in [1.82, 2.24) is 15.1 Å². The van der Waals surface area contributed by atoms with Gasteiger partial charge in [0.2, 0.25) is 0 Å². The highest BCUT2D eigenvalue weighted by Crippen LogP contribution is 2.36. The minimum Gasteiger partial charge on any atom is -0.367 e. The van der Waals surface area contributed by atoms with E-state index in [1.54, 1.807) is 6.20 Å².